The van der Waals surface area contributed by atoms with Crippen LogP contribution in [0.4, 0.5) is 11.4 Å². The summed E-state index contributed by atoms with van der Waals surface area (Å²) in [5.41, 5.74) is 0.394. The number of carbonyl (C=O) groups excluding carboxylic acids is 2. The summed E-state index contributed by atoms with van der Waals surface area (Å²) < 4.78 is 26.1. The maximum Gasteiger partial charge on any atom is 0.271 e. The molecule has 0 heterocycles. The lowest BCUT2D eigenvalue weighted by Gasteiger charge is -2.33. The summed E-state index contributed by atoms with van der Waals surface area (Å²) in [5.74, 6) is -0.904. The molecule has 0 bridgehead atoms. The van der Waals surface area contributed by atoms with Crippen molar-refractivity contribution in [1.82, 2.24) is 10.2 Å². The second-order valence-corrected chi connectivity index (χ2v) is 11.5. The van der Waals surface area contributed by atoms with Gasteiger partial charge < -0.3 is 10.2 Å². The molecule has 2 amide bonds. The van der Waals surface area contributed by atoms with Gasteiger partial charge in [0.05, 0.1) is 16.9 Å². The Bertz CT molecular complexity index is 1230. The van der Waals surface area contributed by atoms with Gasteiger partial charge >= 0.3 is 0 Å². The van der Waals surface area contributed by atoms with Gasteiger partial charge in [-0.1, -0.05) is 49.6 Å². The molecule has 200 valence electrons. The van der Waals surface area contributed by atoms with Gasteiger partial charge in [-0.15, -0.1) is 0 Å². The van der Waals surface area contributed by atoms with E-state index in [0.29, 0.717) is 17.0 Å². The van der Waals surface area contributed by atoms with Gasteiger partial charge in [-0.2, -0.15) is 0 Å². The Kier molecular flexibility index (Phi) is 9.50. The van der Waals surface area contributed by atoms with Crippen molar-refractivity contribution < 1.29 is 22.9 Å². The number of nitro groups is 1. The van der Waals surface area contributed by atoms with Crippen molar-refractivity contribution in [1.29, 1.82) is 0 Å². The third-order valence-electron chi connectivity index (χ3n) is 6.36. The van der Waals surface area contributed by atoms with Crippen LogP contribution in [0.25, 0.3) is 0 Å². The van der Waals surface area contributed by atoms with Gasteiger partial charge in [0, 0.05) is 29.7 Å². The normalized spacial score (nSPS) is 14.7. The zero-order valence-corrected chi connectivity index (χ0v) is 22.4. The number of anilines is 1. The number of amides is 2. The fraction of sp³-hybridized carbons (Fsp3) is 0.440. The van der Waals surface area contributed by atoms with Crippen LogP contribution in [0.15, 0.2) is 48.5 Å². The van der Waals surface area contributed by atoms with Crippen molar-refractivity contribution in [2.24, 2.45) is 0 Å². The third-order valence-corrected chi connectivity index (χ3v) is 7.75. The summed E-state index contributed by atoms with van der Waals surface area (Å²) in [7, 11) is -3.99. The van der Waals surface area contributed by atoms with Crippen LogP contribution in [0.2, 0.25) is 5.02 Å². The van der Waals surface area contributed by atoms with Gasteiger partial charge in [0.25, 0.3) is 5.69 Å². The molecule has 1 fully saturated rings. The van der Waals surface area contributed by atoms with E-state index in [0.717, 1.165) is 42.3 Å². The number of rotatable bonds is 11. The highest BCUT2D eigenvalue weighted by Gasteiger charge is 2.33. The molecule has 3 rings (SSSR count). The van der Waals surface area contributed by atoms with E-state index in [1.165, 1.54) is 23.1 Å². The highest BCUT2D eigenvalue weighted by Crippen LogP contribution is 2.25. The van der Waals surface area contributed by atoms with Crippen molar-refractivity contribution >= 4 is 44.8 Å². The highest BCUT2D eigenvalue weighted by atomic mass is 35.5. The van der Waals surface area contributed by atoms with Gasteiger partial charge in [0.1, 0.15) is 12.6 Å². The molecule has 2 aromatic carbocycles. The average molecular weight is 551 g/mol. The van der Waals surface area contributed by atoms with E-state index in [1.54, 1.807) is 31.2 Å². The predicted molar refractivity (Wildman–Crippen MR) is 142 cm³/mol. The number of carbonyl (C=O) groups is 2. The molecule has 37 heavy (non-hydrogen) atoms. The number of hydrogen-bond donors (Lipinski definition) is 1. The molecule has 0 aliphatic heterocycles. The molecule has 1 unspecified atom stereocenters. The van der Waals surface area contributed by atoms with Crippen molar-refractivity contribution in [2.45, 2.75) is 57.7 Å². The van der Waals surface area contributed by atoms with Crippen LogP contribution in [0.3, 0.4) is 0 Å². The number of nitrogens with zero attached hydrogens (tertiary/aromatic N) is 3. The summed E-state index contributed by atoms with van der Waals surface area (Å²) in [6.07, 6.45) is 5.05. The number of nitrogens with one attached hydrogen (secondary N) is 1. The summed E-state index contributed by atoms with van der Waals surface area (Å²) in [6, 6.07) is 11.1. The van der Waals surface area contributed by atoms with E-state index in [-0.39, 0.29) is 29.9 Å². The standard InChI is InChI=1S/C25H31ClN4O6S/c1-3-23(25(32)27-20-7-4-5-8-20)28(16-18-11-13-19(26)14-12-18)24(31)17-29(37(2,35)36)21-9-6-10-22(15-21)30(33)34/h6,9-15,20,23H,3-5,7-8,16-17H2,1-2H3,(H,27,32). The Labute approximate surface area is 221 Å². The number of nitro benzene ring substituents is 1. The molecule has 1 saturated carbocycles. The zero-order chi connectivity index (χ0) is 27.2. The molecule has 12 heteroatoms. The molecule has 2 aromatic rings. The maximum absolute atomic E-state index is 13.7. The van der Waals surface area contributed by atoms with Gasteiger partial charge in [-0.3, -0.25) is 24.0 Å². The van der Waals surface area contributed by atoms with Gasteiger partial charge in [-0.25, -0.2) is 8.42 Å². The minimum atomic E-state index is -3.99. The lowest BCUT2D eigenvalue weighted by atomic mass is 10.1. The van der Waals surface area contributed by atoms with E-state index >= 15 is 0 Å². The van der Waals surface area contributed by atoms with Gasteiger partial charge in [0.15, 0.2) is 0 Å². The minimum Gasteiger partial charge on any atom is -0.352 e. The van der Waals surface area contributed by atoms with Crippen LogP contribution in [0, 0.1) is 10.1 Å². The predicted octanol–water partition coefficient (Wildman–Crippen LogP) is 3.88. The monoisotopic (exact) mass is 550 g/mol. The second-order valence-electron chi connectivity index (χ2n) is 9.11. The molecule has 0 spiro atoms. The Morgan fingerprint density at radius 2 is 1.81 bits per heavy atom. The van der Waals surface area contributed by atoms with E-state index in [9.17, 15) is 28.1 Å². The van der Waals surface area contributed by atoms with Crippen LogP contribution >= 0.6 is 11.6 Å². The first-order valence-electron chi connectivity index (χ1n) is 12.1. The number of non-ortho nitro benzene ring substituents is 1. The summed E-state index contributed by atoms with van der Waals surface area (Å²) >= 11 is 6.00. The Hall–Kier alpha value is -3.18. The van der Waals surface area contributed by atoms with E-state index in [4.69, 9.17) is 11.6 Å². The van der Waals surface area contributed by atoms with Crippen molar-refractivity contribution in [3.8, 4) is 0 Å². The molecule has 0 saturated heterocycles. The maximum atomic E-state index is 13.7. The summed E-state index contributed by atoms with van der Waals surface area (Å²) in [5, 5.41) is 14.8. The number of hydrogen-bond acceptors (Lipinski definition) is 6. The lowest BCUT2D eigenvalue weighted by Crippen LogP contribution is -2.53. The van der Waals surface area contributed by atoms with Gasteiger partial charge in [0.2, 0.25) is 21.8 Å². The summed E-state index contributed by atoms with van der Waals surface area (Å²) in [4.78, 5) is 38.9. The first-order chi connectivity index (χ1) is 17.5. The van der Waals surface area contributed by atoms with E-state index < -0.39 is 33.4 Å². The highest BCUT2D eigenvalue weighted by molar-refractivity contribution is 7.92. The lowest BCUT2D eigenvalue weighted by molar-refractivity contribution is -0.384. The number of sulfonamides is 1. The van der Waals surface area contributed by atoms with Crippen molar-refractivity contribution in [3.05, 3.63) is 69.2 Å². The number of halogens is 1. The first-order valence-corrected chi connectivity index (χ1v) is 14.3. The van der Waals surface area contributed by atoms with Crippen LogP contribution < -0.4 is 9.62 Å². The number of benzene rings is 2. The Morgan fingerprint density at radius 3 is 2.38 bits per heavy atom. The van der Waals surface area contributed by atoms with Crippen molar-refractivity contribution in [2.75, 3.05) is 17.1 Å². The Balaban J connectivity index is 1.94. The van der Waals surface area contributed by atoms with Crippen LogP contribution in [0.1, 0.15) is 44.6 Å². The van der Waals surface area contributed by atoms with Crippen LogP contribution in [-0.2, 0) is 26.2 Å². The topological polar surface area (TPSA) is 130 Å². The molecule has 10 nitrogen and oxygen atoms in total. The molecular formula is C25H31ClN4O6S. The quantitative estimate of drug-likeness (QED) is 0.334. The first kappa shape index (κ1) is 28.4. The molecule has 1 aliphatic carbocycles. The second kappa shape index (κ2) is 12.4. The molecular weight excluding hydrogens is 520 g/mol. The van der Waals surface area contributed by atoms with Gasteiger partial charge in [-0.05, 0) is 43.0 Å². The third kappa shape index (κ3) is 7.65. The van der Waals surface area contributed by atoms with Crippen LogP contribution in [0.5, 0.6) is 0 Å². The molecule has 1 N–H and O–H groups in total. The fourth-order valence-corrected chi connectivity index (χ4v) is 5.42. The zero-order valence-electron chi connectivity index (χ0n) is 20.8. The largest absolute Gasteiger partial charge is 0.352 e. The fourth-order valence-electron chi connectivity index (χ4n) is 4.45. The average Bonchev–Trinajstić information content (AvgIpc) is 3.35. The molecule has 0 aromatic heterocycles. The van der Waals surface area contributed by atoms with E-state index in [2.05, 4.69) is 5.32 Å². The smallest absolute Gasteiger partial charge is 0.271 e. The van der Waals surface area contributed by atoms with Crippen molar-refractivity contribution in [3.63, 3.8) is 0 Å². The molecule has 1 aliphatic rings. The molecule has 1 atom stereocenters. The Morgan fingerprint density at radius 1 is 1.16 bits per heavy atom. The van der Waals surface area contributed by atoms with Crippen LogP contribution in [-0.4, -0.2) is 54.9 Å². The van der Waals surface area contributed by atoms with E-state index in [1.807, 2.05) is 0 Å². The molecule has 0 radical (unpaired) electrons. The SMILES string of the molecule is CCC(C(=O)NC1CCCC1)N(Cc1ccc(Cl)cc1)C(=O)CN(c1cccc([N+](=O)[O-])c1)S(C)(=O)=O. The summed E-state index contributed by atoms with van der Waals surface area (Å²) in [6.45, 7) is 1.22. The minimum absolute atomic E-state index is 0.0139.